The Labute approximate surface area is 102 Å². The number of carboxylic acids is 1. The number of thiazole rings is 1. The van der Waals surface area contributed by atoms with Crippen molar-refractivity contribution in [3.05, 3.63) is 10.6 Å². The number of anilines is 1. The molecule has 1 aromatic rings. The van der Waals surface area contributed by atoms with Crippen LogP contribution in [-0.2, 0) is 4.79 Å². The third-order valence-corrected chi connectivity index (χ3v) is 3.77. The first-order chi connectivity index (χ1) is 8.08. The summed E-state index contributed by atoms with van der Waals surface area (Å²) in [6, 6.07) is 0. The summed E-state index contributed by atoms with van der Waals surface area (Å²) < 4.78 is 0. The molecule has 0 radical (unpaired) electrons. The number of amides is 1. The molecular weight excluding hydrogens is 242 g/mol. The number of nitrogens with one attached hydrogen (secondary N) is 1. The highest BCUT2D eigenvalue weighted by Crippen LogP contribution is 2.26. The molecule has 2 rings (SSSR count). The lowest BCUT2D eigenvalue weighted by Gasteiger charge is -2.17. The highest BCUT2D eigenvalue weighted by atomic mass is 32.1. The Morgan fingerprint density at radius 3 is 2.94 bits per heavy atom. The molecule has 2 heterocycles. The lowest BCUT2D eigenvalue weighted by molar-refractivity contribution is -0.120. The highest BCUT2D eigenvalue weighted by Gasteiger charge is 2.20. The van der Waals surface area contributed by atoms with E-state index < -0.39 is 5.97 Å². The first kappa shape index (κ1) is 11.8. The summed E-state index contributed by atoms with van der Waals surface area (Å²) in [5.41, 5.74) is 0.529. The molecule has 92 valence electrons. The standard InChI is InChI=1S/C10H13N3O3S/c1-6-8(9(15)16)17-10(12-6)13-4-2-7(14)11-3-5-13/h2-5H2,1H3,(H,11,14)(H,15,16). The fourth-order valence-corrected chi connectivity index (χ4v) is 2.63. The fourth-order valence-electron chi connectivity index (χ4n) is 1.67. The van der Waals surface area contributed by atoms with Crippen molar-refractivity contribution < 1.29 is 14.7 Å². The van der Waals surface area contributed by atoms with E-state index in [1.54, 1.807) is 6.92 Å². The molecular formula is C10H13N3O3S. The summed E-state index contributed by atoms with van der Waals surface area (Å²) in [6.45, 7) is 3.50. The molecule has 6 nitrogen and oxygen atoms in total. The van der Waals surface area contributed by atoms with Gasteiger partial charge in [0.25, 0.3) is 0 Å². The van der Waals surface area contributed by atoms with Crippen LogP contribution in [0.3, 0.4) is 0 Å². The number of aromatic nitrogens is 1. The van der Waals surface area contributed by atoms with Crippen LogP contribution >= 0.6 is 11.3 Å². The molecule has 0 spiro atoms. The van der Waals surface area contributed by atoms with E-state index in [2.05, 4.69) is 10.3 Å². The van der Waals surface area contributed by atoms with E-state index in [1.165, 1.54) is 0 Å². The Bertz CT molecular complexity index is 458. The van der Waals surface area contributed by atoms with E-state index in [9.17, 15) is 9.59 Å². The zero-order valence-electron chi connectivity index (χ0n) is 9.39. The molecule has 7 heteroatoms. The molecule has 0 atom stereocenters. The van der Waals surface area contributed by atoms with Crippen LogP contribution in [0.15, 0.2) is 0 Å². The summed E-state index contributed by atoms with van der Waals surface area (Å²) in [5, 5.41) is 12.4. The van der Waals surface area contributed by atoms with Gasteiger partial charge in [0.1, 0.15) is 4.88 Å². The molecule has 0 bridgehead atoms. The lowest BCUT2D eigenvalue weighted by Crippen LogP contribution is -2.28. The van der Waals surface area contributed by atoms with Gasteiger partial charge in [-0.2, -0.15) is 0 Å². The lowest BCUT2D eigenvalue weighted by atomic mass is 10.4. The van der Waals surface area contributed by atoms with Crippen molar-refractivity contribution in [3.63, 3.8) is 0 Å². The summed E-state index contributed by atoms with van der Waals surface area (Å²) in [6.07, 6.45) is 0.418. The van der Waals surface area contributed by atoms with Crippen LogP contribution in [-0.4, -0.2) is 41.6 Å². The first-order valence-corrected chi connectivity index (χ1v) is 6.12. The van der Waals surface area contributed by atoms with Gasteiger partial charge in [-0.15, -0.1) is 0 Å². The van der Waals surface area contributed by atoms with Gasteiger partial charge in [-0.1, -0.05) is 11.3 Å². The molecule has 0 unspecified atom stereocenters. The van der Waals surface area contributed by atoms with Gasteiger partial charge in [-0.3, -0.25) is 4.79 Å². The zero-order chi connectivity index (χ0) is 12.4. The Balaban J connectivity index is 2.19. The van der Waals surface area contributed by atoms with Crippen LogP contribution in [0.25, 0.3) is 0 Å². The second kappa shape index (κ2) is 4.70. The Morgan fingerprint density at radius 2 is 2.29 bits per heavy atom. The number of carboxylic acid groups (broad SMARTS) is 1. The molecule has 0 saturated carbocycles. The normalized spacial score (nSPS) is 16.5. The first-order valence-electron chi connectivity index (χ1n) is 5.30. The Hall–Kier alpha value is -1.63. The maximum atomic E-state index is 11.2. The minimum atomic E-state index is -0.949. The average Bonchev–Trinajstić information content (AvgIpc) is 2.52. The number of hydrogen-bond acceptors (Lipinski definition) is 5. The van der Waals surface area contributed by atoms with Crippen molar-refractivity contribution in [2.24, 2.45) is 0 Å². The van der Waals surface area contributed by atoms with Crippen molar-refractivity contribution >= 4 is 28.3 Å². The molecule has 0 aliphatic carbocycles. The number of carbonyl (C=O) groups is 2. The maximum absolute atomic E-state index is 11.2. The minimum absolute atomic E-state index is 0.0271. The van der Waals surface area contributed by atoms with E-state index in [0.29, 0.717) is 36.9 Å². The molecule has 2 N–H and O–H groups in total. The van der Waals surface area contributed by atoms with Gasteiger partial charge < -0.3 is 15.3 Å². The van der Waals surface area contributed by atoms with E-state index in [1.807, 2.05) is 4.90 Å². The van der Waals surface area contributed by atoms with Gasteiger partial charge in [0.2, 0.25) is 5.91 Å². The van der Waals surface area contributed by atoms with Gasteiger partial charge in [0, 0.05) is 26.1 Å². The van der Waals surface area contributed by atoms with Gasteiger partial charge in [0.05, 0.1) is 5.69 Å². The molecule has 0 aromatic carbocycles. The number of nitrogens with zero attached hydrogens (tertiary/aromatic N) is 2. The quantitative estimate of drug-likeness (QED) is 0.803. The van der Waals surface area contributed by atoms with E-state index in [-0.39, 0.29) is 10.8 Å². The van der Waals surface area contributed by atoms with Crippen molar-refractivity contribution in [2.45, 2.75) is 13.3 Å². The summed E-state index contributed by atoms with van der Waals surface area (Å²) in [7, 11) is 0. The van der Waals surface area contributed by atoms with Crippen LogP contribution in [0.2, 0.25) is 0 Å². The Morgan fingerprint density at radius 1 is 1.53 bits per heavy atom. The number of aromatic carboxylic acids is 1. The van der Waals surface area contributed by atoms with E-state index in [0.717, 1.165) is 11.3 Å². The number of carbonyl (C=O) groups excluding carboxylic acids is 1. The summed E-state index contributed by atoms with van der Waals surface area (Å²) >= 11 is 1.16. The van der Waals surface area contributed by atoms with E-state index >= 15 is 0 Å². The van der Waals surface area contributed by atoms with Crippen LogP contribution in [0.1, 0.15) is 21.8 Å². The monoisotopic (exact) mass is 255 g/mol. The van der Waals surface area contributed by atoms with Gasteiger partial charge in [-0.05, 0) is 6.92 Å². The highest BCUT2D eigenvalue weighted by molar-refractivity contribution is 7.17. The predicted octanol–water partition coefficient (Wildman–Crippen LogP) is 0.476. The van der Waals surface area contributed by atoms with E-state index in [4.69, 9.17) is 5.11 Å². The number of aryl methyl sites for hydroxylation is 1. The molecule has 1 aromatic heterocycles. The van der Waals surface area contributed by atoms with Crippen molar-refractivity contribution in [1.29, 1.82) is 0 Å². The molecule has 1 aliphatic heterocycles. The second-order valence-corrected chi connectivity index (χ2v) is 4.78. The van der Waals surface area contributed by atoms with Crippen LogP contribution < -0.4 is 10.2 Å². The maximum Gasteiger partial charge on any atom is 0.347 e. The van der Waals surface area contributed by atoms with Crippen molar-refractivity contribution in [2.75, 3.05) is 24.5 Å². The minimum Gasteiger partial charge on any atom is -0.477 e. The second-order valence-electron chi connectivity index (χ2n) is 3.80. The fraction of sp³-hybridized carbons (Fsp3) is 0.500. The third-order valence-electron chi connectivity index (χ3n) is 2.56. The number of hydrogen-bond donors (Lipinski definition) is 2. The Kier molecular flexibility index (Phi) is 3.28. The molecule has 1 aliphatic rings. The van der Waals surface area contributed by atoms with Crippen LogP contribution in [0.4, 0.5) is 5.13 Å². The number of rotatable bonds is 2. The largest absolute Gasteiger partial charge is 0.477 e. The molecule has 1 saturated heterocycles. The molecule has 1 fully saturated rings. The van der Waals surface area contributed by atoms with Gasteiger partial charge in [0.15, 0.2) is 5.13 Å². The van der Waals surface area contributed by atoms with Gasteiger partial charge in [-0.25, -0.2) is 9.78 Å². The summed E-state index contributed by atoms with van der Waals surface area (Å²) in [4.78, 5) is 28.6. The predicted molar refractivity (Wildman–Crippen MR) is 63.7 cm³/mol. The SMILES string of the molecule is Cc1nc(N2CCNC(=O)CC2)sc1C(=O)O. The smallest absolute Gasteiger partial charge is 0.347 e. The topological polar surface area (TPSA) is 82.5 Å². The molecule has 17 heavy (non-hydrogen) atoms. The van der Waals surface area contributed by atoms with Crippen LogP contribution in [0, 0.1) is 6.92 Å². The van der Waals surface area contributed by atoms with Crippen molar-refractivity contribution in [1.82, 2.24) is 10.3 Å². The summed E-state index contributed by atoms with van der Waals surface area (Å²) in [5.74, 6) is -0.922. The third kappa shape index (κ3) is 2.55. The molecule has 1 amide bonds. The van der Waals surface area contributed by atoms with Gasteiger partial charge >= 0.3 is 5.97 Å². The van der Waals surface area contributed by atoms with Crippen LogP contribution in [0.5, 0.6) is 0 Å². The zero-order valence-corrected chi connectivity index (χ0v) is 10.2. The van der Waals surface area contributed by atoms with Crippen molar-refractivity contribution in [3.8, 4) is 0 Å². The average molecular weight is 255 g/mol.